The van der Waals surface area contributed by atoms with Gasteiger partial charge in [-0.2, -0.15) is 0 Å². The summed E-state index contributed by atoms with van der Waals surface area (Å²) in [6.45, 7) is 4.64. The van der Waals surface area contributed by atoms with Crippen molar-refractivity contribution in [3.05, 3.63) is 0 Å². The van der Waals surface area contributed by atoms with Crippen LogP contribution in [0.25, 0.3) is 0 Å². The molecule has 0 aliphatic heterocycles. The van der Waals surface area contributed by atoms with E-state index in [1.807, 2.05) is 0 Å². The predicted molar refractivity (Wildman–Crippen MR) is 120 cm³/mol. The molecule has 29 heavy (non-hydrogen) atoms. The van der Waals surface area contributed by atoms with E-state index in [0.29, 0.717) is 6.61 Å². The highest BCUT2D eigenvalue weighted by Gasteiger charge is 2.17. The normalized spacial score (nSPS) is 13.6. The third-order valence-corrected chi connectivity index (χ3v) is 5.92. The number of nitrogens with one attached hydrogen (secondary N) is 2. The van der Waals surface area contributed by atoms with E-state index < -0.39 is 7.82 Å². The van der Waals surface area contributed by atoms with Crippen LogP contribution < -0.4 is 10.6 Å². The van der Waals surface area contributed by atoms with Crippen LogP contribution in [0.4, 0.5) is 0 Å². The minimum Gasteiger partial charge on any atom is -0.396 e. The number of hydrogen-bond acceptors (Lipinski definition) is 6. The van der Waals surface area contributed by atoms with Gasteiger partial charge in [0.1, 0.15) is 0 Å². The lowest BCUT2D eigenvalue weighted by Gasteiger charge is -2.09. The van der Waals surface area contributed by atoms with Gasteiger partial charge in [0.25, 0.3) is 0 Å². The van der Waals surface area contributed by atoms with Crippen molar-refractivity contribution in [1.29, 1.82) is 0 Å². The number of aliphatic hydroxyl groups is 1. The summed E-state index contributed by atoms with van der Waals surface area (Å²) in [6.07, 6.45) is 16.9. The molecule has 0 bridgehead atoms. The van der Waals surface area contributed by atoms with Crippen molar-refractivity contribution in [2.24, 2.45) is 0 Å². The molecule has 1 unspecified atom stereocenters. The molecule has 0 amide bonds. The fourth-order valence-electron chi connectivity index (χ4n) is 3.13. The molecule has 8 heteroatoms. The third-order valence-electron chi connectivity index (χ3n) is 4.95. The summed E-state index contributed by atoms with van der Waals surface area (Å²) in [5, 5.41) is 15.6. The zero-order chi connectivity index (χ0) is 21.5. The number of rotatable bonds is 24. The van der Waals surface area contributed by atoms with Crippen LogP contribution in [-0.2, 0) is 13.6 Å². The van der Waals surface area contributed by atoms with E-state index in [0.717, 1.165) is 51.9 Å². The first-order valence-corrected chi connectivity index (χ1v) is 13.2. The molecule has 0 heterocycles. The molecule has 0 radical (unpaired) electrons. The van der Waals surface area contributed by atoms with E-state index in [1.54, 1.807) is 0 Å². The van der Waals surface area contributed by atoms with Gasteiger partial charge in [0, 0.05) is 13.7 Å². The number of phosphoric acid groups is 1. The molecular formula is C21H47N2O5P. The number of aliphatic hydroxyl groups excluding tert-OH is 1. The van der Waals surface area contributed by atoms with Crippen LogP contribution >= 0.6 is 7.82 Å². The highest BCUT2D eigenvalue weighted by Crippen LogP contribution is 2.41. The van der Waals surface area contributed by atoms with E-state index in [9.17, 15) is 4.57 Å². The summed E-state index contributed by atoms with van der Waals surface area (Å²) < 4.78 is 20.2. The van der Waals surface area contributed by atoms with Crippen LogP contribution in [0, 0.1) is 0 Å². The first-order chi connectivity index (χ1) is 14.1. The molecule has 0 aromatic carbocycles. The Hall–Kier alpha value is -0.0100. The standard InChI is InChI=1S/C21H47N2O5P/c1-27-29(25,26)28-21-14-12-17-23-19-15-18-22-16-11-9-7-5-3-2-4-6-8-10-13-20-24/h22-24H,2-21H2,1H3,(H,25,26). The minimum absolute atomic E-state index is 0.246. The van der Waals surface area contributed by atoms with Gasteiger partial charge in [-0.05, 0) is 58.3 Å². The lowest BCUT2D eigenvalue weighted by Crippen LogP contribution is -2.23. The molecule has 0 aromatic rings. The second-order valence-corrected chi connectivity index (χ2v) is 9.22. The van der Waals surface area contributed by atoms with Crippen LogP contribution in [0.5, 0.6) is 0 Å². The van der Waals surface area contributed by atoms with Crippen molar-refractivity contribution >= 4 is 7.82 Å². The van der Waals surface area contributed by atoms with E-state index in [4.69, 9.17) is 14.5 Å². The zero-order valence-corrected chi connectivity index (χ0v) is 19.6. The first-order valence-electron chi connectivity index (χ1n) is 11.7. The Balaban J connectivity index is 3.06. The summed E-state index contributed by atoms with van der Waals surface area (Å²) in [5.74, 6) is 0. The highest BCUT2D eigenvalue weighted by atomic mass is 31.2. The minimum atomic E-state index is -3.80. The van der Waals surface area contributed by atoms with Gasteiger partial charge in [0.15, 0.2) is 0 Å². The Labute approximate surface area is 179 Å². The Kier molecular flexibility index (Phi) is 22.7. The van der Waals surface area contributed by atoms with Gasteiger partial charge >= 0.3 is 7.82 Å². The fraction of sp³-hybridized carbons (Fsp3) is 1.00. The van der Waals surface area contributed by atoms with E-state index in [1.165, 1.54) is 71.3 Å². The Morgan fingerprint density at radius 3 is 1.55 bits per heavy atom. The van der Waals surface area contributed by atoms with Crippen molar-refractivity contribution < 1.29 is 23.6 Å². The molecule has 0 fully saturated rings. The van der Waals surface area contributed by atoms with Crippen molar-refractivity contribution in [3.63, 3.8) is 0 Å². The molecule has 0 aliphatic rings. The van der Waals surface area contributed by atoms with Gasteiger partial charge in [-0.3, -0.25) is 9.05 Å². The molecule has 0 aromatic heterocycles. The first kappa shape index (κ1) is 29.0. The van der Waals surface area contributed by atoms with Crippen molar-refractivity contribution in [2.45, 2.75) is 89.9 Å². The average Bonchev–Trinajstić information content (AvgIpc) is 2.71. The monoisotopic (exact) mass is 438 g/mol. The molecule has 0 saturated heterocycles. The van der Waals surface area contributed by atoms with Crippen LogP contribution in [0.15, 0.2) is 0 Å². The second-order valence-electron chi connectivity index (χ2n) is 7.66. The summed E-state index contributed by atoms with van der Waals surface area (Å²) in [6, 6.07) is 0. The van der Waals surface area contributed by atoms with Crippen molar-refractivity contribution in [1.82, 2.24) is 10.6 Å². The summed E-state index contributed by atoms with van der Waals surface area (Å²) in [7, 11) is -2.63. The maximum Gasteiger partial charge on any atom is 0.471 e. The van der Waals surface area contributed by atoms with Gasteiger partial charge in [-0.15, -0.1) is 0 Å². The lowest BCUT2D eigenvalue weighted by atomic mass is 10.1. The highest BCUT2D eigenvalue weighted by molar-refractivity contribution is 7.47. The molecule has 0 aliphatic carbocycles. The number of unbranched alkanes of at least 4 members (excludes halogenated alkanes) is 11. The summed E-state index contributed by atoms with van der Waals surface area (Å²) >= 11 is 0. The van der Waals surface area contributed by atoms with Gasteiger partial charge in [-0.1, -0.05) is 57.8 Å². The Morgan fingerprint density at radius 1 is 0.655 bits per heavy atom. The molecule has 0 rings (SSSR count). The second kappa shape index (κ2) is 22.7. The SMILES string of the molecule is COP(=O)(O)OCCCCNCCCNCCCCCCCCCCCCCO. The topological polar surface area (TPSA) is 100 Å². The van der Waals surface area contributed by atoms with Gasteiger partial charge in [-0.25, -0.2) is 4.57 Å². The van der Waals surface area contributed by atoms with E-state index >= 15 is 0 Å². The maximum atomic E-state index is 11.1. The molecular weight excluding hydrogens is 391 g/mol. The smallest absolute Gasteiger partial charge is 0.396 e. The van der Waals surface area contributed by atoms with Crippen LogP contribution in [-0.4, -0.2) is 56.5 Å². The number of phosphoric ester groups is 1. The van der Waals surface area contributed by atoms with Crippen molar-refractivity contribution in [3.8, 4) is 0 Å². The Morgan fingerprint density at radius 2 is 1.07 bits per heavy atom. The lowest BCUT2D eigenvalue weighted by molar-refractivity contribution is 0.170. The van der Waals surface area contributed by atoms with Gasteiger partial charge in [0.05, 0.1) is 6.61 Å². The Bertz CT molecular complexity index is 375. The maximum absolute atomic E-state index is 11.1. The fourth-order valence-corrected chi connectivity index (χ4v) is 3.59. The van der Waals surface area contributed by atoms with Gasteiger partial charge in [0.2, 0.25) is 0 Å². The van der Waals surface area contributed by atoms with Gasteiger partial charge < -0.3 is 20.6 Å². The van der Waals surface area contributed by atoms with Crippen molar-refractivity contribution in [2.75, 3.05) is 46.5 Å². The molecule has 1 atom stereocenters. The van der Waals surface area contributed by atoms with E-state index in [-0.39, 0.29) is 6.61 Å². The van der Waals surface area contributed by atoms with Crippen LogP contribution in [0.1, 0.15) is 89.9 Å². The number of hydrogen-bond donors (Lipinski definition) is 4. The average molecular weight is 439 g/mol. The van der Waals surface area contributed by atoms with E-state index in [2.05, 4.69) is 15.2 Å². The quantitative estimate of drug-likeness (QED) is 0.131. The molecule has 0 spiro atoms. The van der Waals surface area contributed by atoms with Crippen LogP contribution in [0.3, 0.4) is 0 Å². The molecule has 4 N–H and O–H groups in total. The molecule has 7 nitrogen and oxygen atoms in total. The predicted octanol–water partition coefficient (Wildman–Crippen LogP) is 4.38. The summed E-state index contributed by atoms with van der Waals surface area (Å²) in [4.78, 5) is 9.07. The zero-order valence-electron chi connectivity index (χ0n) is 18.7. The van der Waals surface area contributed by atoms with Crippen LogP contribution in [0.2, 0.25) is 0 Å². The molecule has 176 valence electrons. The summed E-state index contributed by atoms with van der Waals surface area (Å²) in [5.41, 5.74) is 0. The largest absolute Gasteiger partial charge is 0.471 e. The third kappa shape index (κ3) is 24.1. The molecule has 0 saturated carbocycles.